The summed E-state index contributed by atoms with van der Waals surface area (Å²) in [5, 5.41) is 10.4. The molecular formula is C21H19ClFN3O3. The smallest absolute Gasteiger partial charge is 0.252 e. The van der Waals surface area contributed by atoms with Crippen LogP contribution in [0.2, 0.25) is 5.02 Å². The maximum Gasteiger partial charge on any atom is 0.252 e. The van der Waals surface area contributed by atoms with Crippen molar-refractivity contribution < 1.29 is 19.1 Å². The molecule has 1 aromatic heterocycles. The van der Waals surface area contributed by atoms with E-state index in [2.05, 4.69) is 4.98 Å². The number of piperazine rings is 1. The highest BCUT2D eigenvalue weighted by atomic mass is 35.5. The van der Waals surface area contributed by atoms with Crippen LogP contribution in [0.15, 0.2) is 42.6 Å². The number of aromatic nitrogens is 1. The Bertz CT molecular complexity index is 996. The lowest BCUT2D eigenvalue weighted by molar-refractivity contribution is -0.280. The molecule has 150 valence electrons. The van der Waals surface area contributed by atoms with Crippen molar-refractivity contribution in [2.45, 2.75) is 37.5 Å². The van der Waals surface area contributed by atoms with Crippen LogP contribution in [0.3, 0.4) is 0 Å². The van der Waals surface area contributed by atoms with E-state index in [1.165, 1.54) is 6.20 Å². The van der Waals surface area contributed by atoms with Gasteiger partial charge in [-0.1, -0.05) is 41.9 Å². The lowest BCUT2D eigenvalue weighted by Gasteiger charge is -2.71. The Labute approximate surface area is 171 Å². The molecule has 1 aliphatic heterocycles. The second-order valence-electron chi connectivity index (χ2n) is 8.41. The molecule has 6 nitrogen and oxygen atoms in total. The Kier molecular flexibility index (Phi) is 3.98. The maximum absolute atomic E-state index is 14.5. The number of halogens is 2. The van der Waals surface area contributed by atoms with Crippen LogP contribution >= 0.6 is 11.6 Å². The fourth-order valence-corrected chi connectivity index (χ4v) is 5.31. The first-order valence-electron chi connectivity index (χ1n) is 9.49. The average Bonchev–Trinajstić information content (AvgIpc) is 2.63. The van der Waals surface area contributed by atoms with Gasteiger partial charge in [0, 0.05) is 18.2 Å². The number of anilines is 1. The van der Waals surface area contributed by atoms with Gasteiger partial charge in [0.1, 0.15) is 12.6 Å². The van der Waals surface area contributed by atoms with E-state index in [0.29, 0.717) is 25.8 Å². The fourth-order valence-electron chi connectivity index (χ4n) is 5.17. The largest absolute Gasteiger partial charge is 0.390 e. The number of carbonyl (C=O) groups is 2. The van der Waals surface area contributed by atoms with Crippen LogP contribution in [-0.4, -0.2) is 45.0 Å². The van der Waals surface area contributed by atoms with E-state index in [4.69, 9.17) is 11.6 Å². The molecule has 6 rings (SSSR count). The van der Waals surface area contributed by atoms with Gasteiger partial charge >= 0.3 is 0 Å². The van der Waals surface area contributed by atoms with Gasteiger partial charge in [-0.15, -0.1) is 0 Å². The first-order chi connectivity index (χ1) is 13.8. The third-order valence-corrected chi connectivity index (χ3v) is 6.50. The highest BCUT2D eigenvalue weighted by molar-refractivity contribution is 6.30. The van der Waals surface area contributed by atoms with Crippen molar-refractivity contribution in [1.29, 1.82) is 0 Å². The fraction of sp³-hybridized carbons (Fsp3) is 0.381. The van der Waals surface area contributed by atoms with Crippen molar-refractivity contribution in [2.24, 2.45) is 5.41 Å². The molecule has 1 N–H and O–H groups in total. The molecular weight excluding hydrogens is 397 g/mol. The number of hydrogen-bond donors (Lipinski definition) is 1. The monoisotopic (exact) mass is 415 g/mol. The van der Waals surface area contributed by atoms with Gasteiger partial charge in [-0.05, 0) is 30.9 Å². The lowest BCUT2D eigenvalue weighted by Crippen LogP contribution is -2.78. The highest BCUT2D eigenvalue weighted by Crippen LogP contribution is 2.70. The Morgan fingerprint density at radius 1 is 1.21 bits per heavy atom. The molecule has 2 bridgehead atoms. The summed E-state index contributed by atoms with van der Waals surface area (Å²) in [7, 11) is 0. The highest BCUT2D eigenvalue weighted by Gasteiger charge is 2.73. The van der Waals surface area contributed by atoms with Crippen molar-refractivity contribution in [3.8, 4) is 0 Å². The predicted octanol–water partition coefficient (Wildman–Crippen LogP) is 2.53. The summed E-state index contributed by atoms with van der Waals surface area (Å²) in [6.45, 7) is 0.00863. The zero-order chi connectivity index (χ0) is 20.4. The van der Waals surface area contributed by atoms with Crippen molar-refractivity contribution in [2.75, 3.05) is 11.4 Å². The number of hydrogen-bond acceptors (Lipinski definition) is 4. The SMILES string of the molecule is O=C1[C@H](C23CC(O)(C2)C3)N(Cc2ccccc2)C(=O)CN1c1ncc(Cl)cc1F. The first kappa shape index (κ1) is 18.5. The molecule has 1 saturated heterocycles. The molecule has 8 heteroatoms. The minimum absolute atomic E-state index is 0.117. The molecule has 0 radical (unpaired) electrons. The third kappa shape index (κ3) is 2.83. The minimum atomic E-state index is -0.755. The number of benzene rings is 1. The summed E-state index contributed by atoms with van der Waals surface area (Å²) in [5.41, 5.74) is -0.278. The van der Waals surface area contributed by atoms with Gasteiger partial charge in [0.2, 0.25) is 5.91 Å². The van der Waals surface area contributed by atoms with Crippen LogP contribution in [0.4, 0.5) is 10.2 Å². The second kappa shape index (κ2) is 6.24. The lowest BCUT2D eigenvalue weighted by atomic mass is 9.38. The van der Waals surface area contributed by atoms with Crippen molar-refractivity contribution in [3.63, 3.8) is 0 Å². The maximum atomic E-state index is 14.5. The molecule has 3 aliphatic carbocycles. The van der Waals surface area contributed by atoms with E-state index in [1.54, 1.807) is 4.90 Å². The molecule has 3 saturated carbocycles. The van der Waals surface area contributed by atoms with Crippen molar-refractivity contribution in [3.05, 3.63) is 59.0 Å². The normalized spacial score (nSPS) is 30.8. The molecule has 1 aromatic carbocycles. The summed E-state index contributed by atoms with van der Waals surface area (Å²) < 4.78 is 14.5. The number of pyridine rings is 1. The Morgan fingerprint density at radius 3 is 2.52 bits per heavy atom. The summed E-state index contributed by atoms with van der Waals surface area (Å²) in [6, 6.07) is 9.77. The Balaban J connectivity index is 1.51. The molecule has 2 amide bonds. The van der Waals surface area contributed by atoms with E-state index in [-0.39, 0.29) is 29.2 Å². The van der Waals surface area contributed by atoms with E-state index in [0.717, 1.165) is 16.5 Å². The summed E-state index contributed by atoms with van der Waals surface area (Å²) in [6.07, 6.45) is 2.67. The van der Waals surface area contributed by atoms with Crippen molar-refractivity contribution in [1.82, 2.24) is 9.88 Å². The average molecular weight is 416 g/mol. The van der Waals surface area contributed by atoms with Gasteiger partial charge in [-0.25, -0.2) is 9.37 Å². The third-order valence-electron chi connectivity index (χ3n) is 6.29. The van der Waals surface area contributed by atoms with Crippen molar-refractivity contribution >= 4 is 29.2 Å². The molecule has 2 heterocycles. The molecule has 2 aromatic rings. The van der Waals surface area contributed by atoms with Gasteiger partial charge in [-0.3, -0.25) is 14.5 Å². The molecule has 0 unspecified atom stereocenters. The molecule has 4 aliphatic rings. The van der Waals surface area contributed by atoms with E-state index in [9.17, 15) is 19.1 Å². The first-order valence-corrected chi connectivity index (χ1v) is 9.86. The zero-order valence-electron chi connectivity index (χ0n) is 15.5. The molecule has 0 spiro atoms. The van der Waals surface area contributed by atoms with E-state index in [1.807, 2.05) is 30.3 Å². The van der Waals surface area contributed by atoms with Crippen LogP contribution in [0.5, 0.6) is 0 Å². The molecule has 4 fully saturated rings. The molecule has 29 heavy (non-hydrogen) atoms. The number of carbonyl (C=O) groups excluding carboxylic acids is 2. The van der Waals surface area contributed by atoms with Crippen LogP contribution in [0, 0.1) is 11.2 Å². The van der Waals surface area contributed by atoms with Crippen LogP contribution in [0.1, 0.15) is 24.8 Å². The number of amides is 2. The standard InChI is InChI=1S/C21H19ClFN3O3/c22-14-6-15(23)18(24-7-14)26-9-16(27)25(8-13-4-2-1-3-5-13)17(19(26)28)20-10-21(29,11-20)12-20/h1-7,17,29H,8-12H2/t17-,20?,21?/m1/s1. The van der Waals surface area contributed by atoms with Gasteiger partial charge < -0.3 is 10.0 Å². The van der Waals surface area contributed by atoms with E-state index < -0.39 is 22.9 Å². The zero-order valence-corrected chi connectivity index (χ0v) is 16.3. The quantitative estimate of drug-likeness (QED) is 0.832. The van der Waals surface area contributed by atoms with E-state index >= 15 is 0 Å². The summed E-state index contributed by atoms with van der Waals surface area (Å²) in [5.74, 6) is -1.57. The summed E-state index contributed by atoms with van der Waals surface area (Å²) in [4.78, 5) is 33.2. The van der Waals surface area contributed by atoms with Crippen LogP contribution < -0.4 is 4.90 Å². The number of nitrogens with zero attached hydrogens (tertiary/aromatic N) is 3. The van der Waals surface area contributed by atoms with Gasteiger partial charge in [0.15, 0.2) is 11.6 Å². The number of aliphatic hydroxyl groups is 1. The van der Waals surface area contributed by atoms with Crippen LogP contribution in [-0.2, 0) is 16.1 Å². The van der Waals surface area contributed by atoms with Gasteiger partial charge in [0.05, 0.1) is 10.6 Å². The second-order valence-corrected chi connectivity index (χ2v) is 8.85. The minimum Gasteiger partial charge on any atom is -0.390 e. The van der Waals surface area contributed by atoms with Crippen LogP contribution in [0.25, 0.3) is 0 Å². The van der Waals surface area contributed by atoms with Gasteiger partial charge in [-0.2, -0.15) is 0 Å². The summed E-state index contributed by atoms with van der Waals surface area (Å²) >= 11 is 5.78. The predicted molar refractivity (Wildman–Crippen MR) is 104 cm³/mol. The van der Waals surface area contributed by atoms with Gasteiger partial charge in [0.25, 0.3) is 5.91 Å². The topological polar surface area (TPSA) is 73.7 Å². The Hall–Kier alpha value is -2.51. The molecule has 1 atom stereocenters. The number of rotatable bonds is 4. The Morgan fingerprint density at radius 2 is 1.90 bits per heavy atom.